The van der Waals surface area contributed by atoms with E-state index in [2.05, 4.69) is 10.0 Å². The van der Waals surface area contributed by atoms with Gasteiger partial charge in [0.05, 0.1) is 10.0 Å². The van der Waals surface area contributed by atoms with Gasteiger partial charge in [-0.3, -0.25) is 4.79 Å². The molecule has 5 atom stereocenters. The first-order valence-electron chi connectivity index (χ1n) is 11.2. The van der Waals surface area contributed by atoms with E-state index >= 15 is 0 Å². The van der Waals surface area contributed by atoms with E-state index in [1.165, 1.54) is 18.2 Å². The molecule has 0 unspecified atom stereocenters. The number of ether oxygens (including phenoxy) is 1. The minimum absolute atomic E-state index is 0.0391. The van der Waals surface area contributed by atoms with Gasteiger partial charge in [0, 0.05) is 12.1 Å². The Morgan fingerprint density at radius 3 is 2.30 bits per heavy atom. The second-order valence-electron chi connectivity index (χ2n) is 8.40. The van der Waals surface area contributed by atoms with Crippen LogP contribution in [0.3, 0.4) is 0 Å². The lowest BCUT2D eigenvalue weighted by Crippen LogP contribution is -2.65. The summed E-state index contributed by atoms with van der Waals surface area (Å²) >= 11 is 11.9. The lowest BCUT2D eigenvalue weighted by atomic mass is 9.96. The van der Waals surface area contributed by atoms with Crippen LogP contribution in [0.2, 0.25) is 10.0 Å². The maximum Gasteiger partial charge on any atom is 0.251 e. The number of aliphatic hydroxyl groups is 3. The van der Waals surface area contributed by atoms with Crippen LogP contribution >= 0.6 is 23.2 Å². The van der Waals surface area contributed by atoms with Gasteiger partial charge in [-0.15, -0.1) is 0 Å². The van der Waals surface area contributed by atoms with Crippen LogP contribution < -0.4 is 10.0 Å². The van der Waals surface area contributed by atoms with Gasteiger partial charge in [0.1, 0.15) is 29.2 Å². The molecule has 0 bridgehead atoms. The Kier molecular flexibility index (Phi) is 8.52. The second kappa shape index (κ2) is 11.5. The molecule has 9 nitrogen and oxygen atoms in total. The minimum atomic E-state index is -4.16. The third-order valence-corrected chi connectivity index (χ3v) is 8.33. The van der Waals surface area contributed by atoms with E-state index in [0.29, 0.717) is 0 Å². The zero-order valence-corrected chi connectivity index (χ0v) is 21.5. The molecule has 1 fully saturated rings. The first kappa shape index (κ1) is 27.5. The van der Waals surface area contributed by atoms with Crippen molar-refractivity contribution in [3.63, 3.8) is 0 Å². The number of aliphatic hydroxyl groups excluding tert-OH is 3. The van der Waals surface area contributed by atoms with Crippen molar-refractivity contribution in [3.8, 4) is 11.1 Å². The Hall–Kier alpha value is -2.54. The summed E-state index contributed by atoms with van der Waals surface area (Å²) in [6.45, 7) is -0.500. The van der Waals surface area contributed by atoms with Gasteiger partial charge in [0.2, 0.25) is 10.0 Å². The molecule has 12 heteroatoms. The molecule has 3 aromatic carbocycles. The van der Waals surface area contributed by atoms with Gasteiger partial charge in [-0.25, -0.2) is 13.1 Å². The van der Waals surface area contributed by atoms with Crippen LogP contribution in [-0.4, -0.2) is 66.8 Å². The number of halogens is 2. The van der Waals surface area contributed by atoms with Crippen LogP contribution in [0, 0.1) is 0 Å². The van der Waals surface area contributed by atoms with E-state index in [1.807, 2.05) is 36.4 Å². The van der Waals surface area contributed by atoms with Crippen LogP contribution in [0.4, 0.5) is 0 Å². The van der Waals surface area contributed by atoms with Gasteiger partial charge in [-0.1, -0.05) is 71.7 Å². The molecule has 0 saturated carbocycles. The largest absolute Gasteiger partial charge is 0.388 e. The van der Waals surface area contributed by atoms with Crippen LogP contribution in [0.1, 0.15) is 10.4 Å². The molecule has 196 valence electrons. The fraction of sp³-hybridized carbons (Fsp3) is 0.240. The fourth-order valence-corrected chi connectivity index (χ4v) is 5.74. The number of hydrogen-bond donors (Lipinski definition) is 5. The third kappa shape index (κ3) is 6.14. The molecule has 1 aliphatic rings. The summed E-state index contributed by atoms with van der Waals surface area (Å²) in [5.41, 5.74) is 1.96. The molecule has 0 aliphatic carbocycles. The number of nitrogens with one attached hydrogen (secondary N) is 2. The predicted molar refractivity (Wildman–Crippen MR) is 138 cm³/mol. The van der Waals surface area contributed by atoms with Crippen LogP contribution in [0.25, 0.3) is 11.1 Å². The lowest BCUT2D eigenvalue weighted by molar-refractivity contribution is -0.243. The molecule has 1 amide bonds. The Bertz CT molecular complexity index is 1370. The average molecular weight is 567 g/mol. The second-order valence-corrected chi connectivity index (χ2v) is 10.9. The van der Waals surface area contributed by atoms with E-state index < -0.39 is 53.1 Å². The quantitative estimate of drug-likeness (QED) is 0.294. The Morgan fingerprint density at radius 2 is 1.57 bits per heavy atom. The standard InChI is InChI=1S/C25H24Cl2N2O7S/c26-17-10-5-11-19(20(17)27)37(34,35)28-13-18-22(30)23(31)21(25(33)36-18)29-24(32)16-9-4-8-15(12-16)14-6-2-1-3-7-14/h1-12,18,21-23,25,28,30-31,33H,13H2,(H,29,32)/t18-,21+,22-,23-,25+/m1/s1. The normalized spacial score (nSPS) is 24.0. The van der Waals surface area contributed by atoms with E-state index in [0.717, 1.165) is 11.1 Å². The highest BCUT2D eigenvalue weighted by molar-refractivity contribution is 7.89. The van der Waals surface area contributed by atoms with Crippen LogP contribution in [0.5, 0.6) is 0 Å². The van der Waals surface area contributed by atoms with E-state index in [9.17, 15) is 28.5 Å². The average Bonchev–Trinajstić information content (AvgIpc) is 2.90. The van der Waals surface area contributed by atoms with Crippen molar-refractivity contribution in [2.24, 2.45) is 0 Å². The van der Waals surface area contributed by atoms with Crippen molar-refractivity contribution in [2.45, 2.75) is 35.5 Å². The van der Waals surface area contributed by atoms with Crippen molar-refractivity contribution in [1.82, 2.24) is 10.0 Å². The Labute approximate surface area is 223 Å². The van der Waals surface area contributed by atoms with Crippen molar-refractivity contribution in [1.29, 1.82) is 0 Å². The summed E-state index contributed by atoms with van der Waals surface area (Å²) in [7, 11) is -4.16. The molecule has 4 rings (SSSR count). The topological polar surface area (TPSA) is 145 Å². The molecule has 3 aromatic rings. The van der Waals surface area contributed by atoms with Gasteiger partial charge >= 0.3 is 0 Å². The smallest absolute Gasteiger partial charge is 0.251 e. The maximum absolute atomic E-state index is 12.9. The molecular weight excluding hydrogens is 543 g/mol. The molecule has 1 aliphatic heterocycles. The number of sulfonamides is 1. The predicted octanol–water partition coefficient (Wildman–Crippen LogP) is 2.18. The Balaban J connectivity index is 1.42. The SMILES string of the molecule is O=C(N[C@H]1[C@@H](O)[C@H](O)[C@@H](CNS(=O)(=O)c2cccc(Cl)c2Cl)O[C@@H]1O)c1cccc(-c2ccccc2)c1. The van der Waals surface area contributed by atoms with Crippen molar-refractivity contribution < 1.29 is 33.3 Å². The van der Waals surface area contributed by atoms with Gasteiger partial charge in [-0.2, -0.15) is 0 Å². The zero-order chi connectivity index (χ0) is 26.7. The number of benzene rings is 3. The summed E-state index contributed by atoms with van der Waals surface area (Å²) in [6.07, 6.45) is -6.35. The highest BCUT2D eigenvalue weighted by atomic mass is 35.5. The van der Waals surface area contributed by atoms with Crippen LogP contribution in [-0.2, 0) is 14.8 Å². The van der Waals surface area contributed by atoms with Gasteiger partial charge in [0.25, 0.3) is 5.91 Å². The monoisotopic (exact) mass is 566 g/mol. The van der Waals surface area contributed by atoms with E-state index in [-0.39, 0.29) is 20.5 Å². The molecule has 1 saturated heterocycles. The number of carbonyl (C=O) groups excluding carboxylic acids is 1. The Morgan fingerprint density at radius 1 is 0.892 bits per heavy atom. The molecule has 5 N–H and O–H groups in total. The maximum atomic E-state index is 12.9. The minimum Gasteiger partial charge on any atom is -0.388 e. The summed E-state index contributed by atoms with van der Waals surface area (Å²) in [5.74, 6) is -0.605. The lowest BCUT2D eigenvalue weighted by Gasteiger charge is -2.41. The number of rotatable bonds is 7. The molecule has 0 spiro atoms. The molecular formula is C25H24Cl2N2O7S. The third-order valence-electron chi connectivity index (χ3n) is 5.93. The number of hydrogen-bond acceptors (Lipinski definition) is 7. The number of carbonyl (C=O) groups is 1. The highest BCUT2D eigenvalue weighted by Gasteiger charge is 2.45. The highest BCUT2D eigenvalue weighted by Crippen LogP contribution is 2.29. The van der Waals surface area contributed by atoms with E-state index in [1.54, 1.807) is 18.2 Å². The van der Waals surface area contributed by atoms with Gasteiger partial charge < -0.3 is 25.4 Å². The van der Waals surface area contributed by atoms with Crippen molar-refractivity contribution in [3.05, 3.63) is 88.4 Å². The van der Waals surface area contributed by atoms with Crippen molar-refractivity contribution in [2.75, 3.05) is 6.54 Å². The summed E-state index contributed by atoms with van der Waals surface area (Å²) in [6, 6.07) is 18.9. The summed E-state index contributed by atoms with van der Waals surface area (Å²) < 4.78 is 32.8. The van der Waals surface area contributed by atoms with E-state index in [4.69, 9.17) is 27.9 Å². The fourth-order valence-electron chi connectivity index (χ4n) is 3.94. The first-order chi connectivity index (χ1) is 17.6. The number of amides is 1. The zero-order valence-electron chi connectivity index (χ0n) is 19.2. The summed E-state index contributed by atoms with van der Waals surface area (Å²) in [4.78, 5) is 12.6. The summed E-state index contributed by atoms with van der Waals surface area (Å²) in [5, 5.41) is 34.0. The van der Waals surface area contributed by atoms with Crippen molar-refractivity contribution >= 4 is 39.1 Å². The molecule has 0 radical (unpaired) electrons. The molecule has 37 heavy (non-hydrogen) atoms. The molecule has 0 aromatic heterocycles. The first-order valence-corrected chi connectivity index (χ1v) is 13.4. The van der Waals surface area contributed by atoms with Gasteiger partial charge in [0.15, 0.2) is 6.29 Å². The van der Waals surface area contributed by atoms with Gasteiger partial charge in [-0.05, 0) is 35.4 Å². The van der Waals surface area contributed by atoms with Crippen LogP contribution in [0.15, 0.2) is 77.7 Å². The molecule has 1 heterocycles.